The number of carbonyl (C=O) groups excluding carboxylic acids is 3. The number of piperidine rings is 1. The van der Waals surface area contributed by atoms with E-state index in [9.17, 15) is 19.5 Å². The standard InChI is InChI=1S/C24H27N5O4/c1-16(30)26-20-6-3-18(4-7-20)23(32)28-11-9-24(33,10-12-28)15-29-22-13-21(27-17(2)31)8-5-19(22)14-25-29/h3-8,13-14,33H,9-12,15H2,1-2H3,(H,26,30)(H,27,31). The summed E-state index contributed by atoms with van der Waals surface area (Å²) in [5, 5.41) is 22.0. The molecule has 2 aromatic carbocycles. The van der Waals surface area contributed by atoms with Gasteiger partial charge in [0.15, 0.2) is 0 Å². The maximum atomic E-state index is 12.9. The molecule has 0 radical (unpaired) electrons. The second-order valence-electron chi connectivity index (χ2n) is 8.53. The molecule has 1 aromatic heterocycles. The SMILES string of the molecule is CC(=O)Nc1ccc(C(=O)N2CCC(O)(Cn3ncc4ccc(NC(C)=O)cc43)CC2)cc1. The van der Waals surface area contributed by atoms with E-state index in [1.165, 1.54) is 13.8 Å². The Morgan fingerprint density at radius 2 is 1.58 bits per heavy atom. The Labute approximate surface area is 191 Å². The number of hydrogen-bond donors (Lipinski definition) is 3. The summed E-state index contributed by atoms with van der Waals surface area (Å²) in [6.45, 7) is 4.05. The van der Waals surface area contributed by atoms with Crippen molar-refractivity contribution in [2.75, 3.05) is 23.7 Å². The first kappa shape index (κ1) is 22.5. The zero-order chi connectivity index (χ0) is 23.6. The van der Waals surface area contributed by atoms with Crippen LogP contribution in [0.1, 0.15) is 37.0 Å². The molecular formula is C24H27N5O4. The lowest BCUT2D eigenvalue weighted by Crippen LogP contribution is -2.48. The van der Waals surface area contributed by atoms with E-state index in [1.807, 2.05) is 18.2 Å². The van der Waals surface area contributed by atoms with Gasteiger partial charge in [-0.2, -0.15) is 5.10 Å². The van der Waals surface area contributed by atoms with Crippen molar-refractivity contribution in [2.45, 2.75) is 38.8 Å². The van der Waals surface area contributed by atoms with Gasteiger partial charge in [-0.15, -0.1) is 0 Å². The maximum Gasteiger partial charge on any atom is 0.253 e. The number of fused-ring (bicyclic) bond motifs is 1. The van der Waals surface area contributed by atoms with Crippen LogP contribution in [0.25, 0.3) is 10.9 Å². The monoisotopic (exact) mass is 449 g/mol. The van der Waals surface area contributed by atoms with Crippen LogP contribution in [-0.2, 0) is 16.1 Å². The Balaban J connectivity index is 1.41. The van der Waals surface area contributed by atoms with Crippen molar-refractivity contribution in [1.29, 1.82) is 0 Å². The minimum Gasteiger partial charge on any atom is -0.388 e. The average Bonchev–Trinajstić information content (AvgIpc) is 3.15. The molecule has 0 bridgehead atoms. The summed E-state index contributed by atoms with van der Waals surface area (Å²) in [6, 6.07) is 12.3. The van der Waals surface area contributed by atoms with E-state index >= 15 is 0 Å². The molecule has 1 aliphatic rings. The molecule has 2 heterocycles. The van der Waals surface area contributed by atoms with E-state index in [1.54, 1.807) is 40.0 Å². The number of rotatable bonds is 5. The lowest BCUT2D eigenvalue weighted by molar-refractivity contribution is -0.115. The van der Waals surface area contributed by atoms with Crippen LogP contribution in [-0.4, -0.2) is 56.2 Å². The van der Waals surface area contributed by atoms with E-state index in [4.69, 9.17) is 0 Å². The van der Waals surface area contributed by atoms with Gasteiger partial charge in [0.1, 0.15) is 0 Å². The van der Waals surface area contributed by atoms with E-state index in [-0.39, 0.29) is 17.7 Å². The summed E-state index contributed by atoms with van der Waals surface area (Å²) in [5.41, 5.74) is 1.69. The van der Waals surface area contributed by atoms with Crippen LogP contribution in [0.15, 0.2) is 48.7 Å². The van der Waals surface area contributed by atoms with Crippen LogP contribution in [0.2, 0.25) is 0 Å². The normalized spacial score (nSPS) is 15.3. The number of nitrogens with zero attached hydrogens (tertiary/aromatic N) is 3. The van der Waals surface area contributed by atoms with Crippen molar-refractivity contribution in [3.8, 4) is 0 Å². The zero-order valence-corrected chi connectivity index (χ0v) is 18.7. The van der Waals surface area contributed by atoms with Gasteiger partial charge in [-0.25, -0.2) is 0 Å². The first-order valence-corrected chi connectivity index (χ1v) is 10.8. The van der Waals surface area contributed by atoms with Crippen molar-refractivity contribution in [2.24, 2.45) is 0 Å². The highest BCUT2D eigenvalue weighted by molar-refractivity contribution is 5.95. The molecular weight excluding hydrogens is 422 g/mol. The predicted octanol–water partition coefficient (Wildman–Crippen LogP) is 2.62. The van der Waals surface area contributed by atoms with Crippen LogP contribution < -0.4 is 10.6 Å². The summed E-state index contributed by atoms with van der Waals surface area (Å²) >= 11 is 0. The van der Waals surface area contributed by atoms with Gasteiger partial charge in [-0.3, -0.25) is 19.1 Å². The molecule has 3 N–H and O–H groups in total. The Morgan fingerprint density at radius 1 is 0.970 bits per heavy atom. The van der Waals surface area contributed by atoms with Gasteiger partial charge in [0.2, 0.25) is 11.8 Å². The van der Waals surface area contributed by atoms with E-state index < -0.39 is 5.60 Å². The van der Waals surface area contributed by atoms with Gasteiger partial charge in [0.05, 0.1) is 23.9 Å². The van der Waals surface area contributed by atoms with Crippen molar-refractivity contribution < 1.29 is 19.5 Å². The van der Waals surface area contributed by atoms with Gasteiger partial charge in [0.25, 0.3) is 5.91 Å². The van der Waals surface area contributed by atoms with Crippen LogP contribution in [0, 0.1) is 0 Å². The molecule has 0 unspecified atom stereocenters. The number of carbonyl (C=O) groups is 3. The molecule has 9 nitrogen and oxygen atoms in total. The number of nitrogens with one attached hydrogen (secondary N) is 2. The van der Waals surface area contributed by atoms with Crippen molar-refractivity contribution in [1.82, 2.24) is 14.7 Å². The summed E-state index contributed by atoms with van der Waals surface area (Å²) in [7, 11) is 0. The average molecular weight is 450 g/mol. The maximum absolute atomic E-state index is 12.9. The molecule has 172 valence electrons. The Kier molecular flexibility index (Phi) is 6.15. The quantitative estimate of drug-likeness (QED) is 0.554. The molecule has 33 heavy (non-hydrogen) atoms. The largest absolute Gasteiger partial charge is 0.388 e. The number of anilines is 2. The van der Waals surface area contributed by atoms with Crippen molar-refractivity contribution >= 4 is 40.0 Å². The Hall–Kier alpha value is -3.72. The fourth-order valence-electron chi connectivity index (χ4n) is 4.12. The Morgan fingerprint density at radius 3 is 2.21 bits per heavy atom. The highest BCUT2D eigenvalue weighted by Gasteiger charge is 2.35. The first-order chi connectivity index (χ1) is 15.7. The molecule has 3 amide bonds. The van der Waals surface area contributed by atoms with Crippen LogP contribution in [0.5, 0.6) is 0 Å². The summed E-state index contributed by atoms with van der Waals surface area (Å²) < 4.78 is 1.75. The van der Waals surface area contributed by atoms with Crippen LogP contribution >= 0.6 is 0 Å². The van der Waals surface area contributed by atoms with Crippen molar-refractivity contribution in [3.05, 3.63) is 54.2 Å². The molecule has 1 aliphatic heterocycles. The zero-order valence-electron chi connectivity index (χ0n) is 18.7. The molecule has 9 heteroatoms. The molecule has 1 fully saturated rings. The molecule has 0 aliphatic carbocycles. The lowest BCUT2D eigenvalue weighted by Gasteiger charge is -2.38. The summed E-state index contributed by atoms with van der Waals surface area (Å²) in [5.74, 6) is -0.419. The highest BCUT2D eigenvalue weighted by atomic mass is 16.3. The molecule has 0 spiro atoms. The van der Waals surface area contributed by atoms with Crippen molar-refractivity contribution in [3.63, 3.8) is 0 Å². The highest BCUT2D eigenvalue weighted by Crippen LogP contribution is 2.28. The fourth-order valence-corrected chi connectivity index (χ4v) is 4.12. The van der Waals surface area contributed by atoms with Gasteiger partial charge < -0.3 is 20.6 Å². The predicted molar refractivity (Wildman–Crippen MR) is 125 cm³/mol. The van der Waals surface area contributed by atoms with Gasteiger partial charge in [0, 0.05) is 49.3 Å². The minimum atomic E-state index is -0.991. The third-order valence-electron chi connectivity index (χ3n) is 5.84. The molecule has 4 rings (SSSR count). The topological polar surface area (TPSA) is 117 Å². The number of aromatic nitrogens is 2. The lowest BCUT2D eigenvalue weighted by atomic mass is 9.91. The molecule has 1 saturated heterocycles. The third kappa shape index (κ3) is 5.20. The molecule has 3 aromatic rings. The van der Waals surface area contributed by atoms with Gasteiger partial charge in [-0.1, -0.05) is 0 Å². The summed E-state index contributed by atoms with van der Waals surface area (Å²) in [6.07, 6.45) is 2.59. The number of likely N-dealkylation sites (tertiary alicyclic amines) is 1. The van der Waals surface area contributed by atoms with E-state index in [0.29, 0.717) is 49.4 Å². The number of amides is 3. The fraction of sp³-hybridized carbons (Fsp3) is 0.333. The molecule has 0 saturated carbocycles. The third-order valence-corrected chi connectivity index (χ3v) is 5.84. The number of benzene rings is 2. The second kappa shape index (κ2) is 9.03. The minimum absolute atomic E-state index is 0.101. The van der Waals surface area contributed by atoms with E-state index in [2.05, 4.69) is 15.7 Å². The van der Waals surface area contributed by atoms with E-state index in [0.717, 1.165) is 10.9 Å². The second-order valence-corrected chi connectivity index (χ2v) is 8.53. The molecule has 0 atom stereocenters. The summed E-state index contributed by atoms with van der Waals surface area (Å²) in [4.78, 5) is 37.1. The number of hydrogen-bond acceptors (Lipinski definition) is 5. The van der Waals surface area contributed by atoms with Crippen LogP contribution in [0.4, 0.5) is 11.4 Å². The smallest absolute Gasteiger partial charge is 0.253 e. The first-order valence-electron chi connectivity index (χ1n) is 10.8. The van der Waals surface area contributed by atoms with Crippen LogP contribution in [0.3, 0.4) is 0 Å². The number of aliphatic hydroxyl groups is 1. The van der Waals surface area contributed by atoms with Gasteiger partial charge >= 0.3 is 0 Å². The van der Waals surface area contributed by atoms with Gasteiger partial charge in [-0.05, 0) is 55.3 Å². The Bertz CT molecular complexity index is 1190.